The molecule has 0 unspecified atom stereocenters. The fourth-order valence-corrected chi connectivity index (χ4v) is 0.729. The molecular weight excluding hydrogens is 168 g/mol. The highest BCUT2D eigenvalue weighted by molar-refractivity contribution is 5.66. The highest BCUT2D eigenvalue weighted by atomic mass is 16.5. The summed E-state index contributed by atoms with van der Waals surface area (Å²) >= 11 is 0. The molecule has 0 heterocycles. The third-order valence-corrected chi connectivity index (χ3v) is 1.24. The van der Waals surface area contributed by atoms with E-state index < -0.39 is 0 Å². The summed E-state index contributed by atoms with van der Waals surface area (Å²) in [5.41, 5.74) is 0. The Morgan fingerprint density at radius 2 is 1.92 bits per heavy atom. The van der Waals surface area contributed by atoms with E-state index in [2.05, 4.69) is 4.74 Å². The van der Waals surface area contributed by atoms with Crippen LogP contribution in [0.4, 0.5) is 0 Å². The van der Waals surface area contributed by atoms with Gasteiger partial charge in [-0.1, -0.05) is 18.2 Å². The average molecular weight is 178 g/mol. The largest absolute Gasteiger partial charge is 0.462 e. The van der Waals surface area contributed by atoms with Crippen LogP contribution in [-0.4, -0.2) is 5.97 Å². The van der Waals surface area contributed by atoms with Gasteiger partial charge >= 0.3 is 5.97 Å². The molecule has 0 radical (unpaired) electrons. The standard InChI is InChI=1S/C10H10O3/c1-9(11)12-7-8-13-10-5-3-2-4-6-10/h2-8H,1H3. The van der Waals surface area contributed by atoms with Gasteiger partial charge in [-0.05, 0) is 12.1 Å². The van der Waals surface area contributed by atoms with Crippen molar-refractivity contribution in [1.29, 1.82) is 0 Å². The summed E-state index contributed by atoms with van der Waals surface area (Å²) in [4.78, 5) is 10.3. The van der Waals surface area contributed by atoms with Gasteiger partial charge in [0.15, 0.2) is 0 Å². The Morgan fingerprint density at radius 1 is 1.23 bits per heavy atom. The van der Waals surface area contributed by atoms with Crippen LogP contribution < -0.4 is 4.74 Å². The van der Waals surface area contributed by atoms with Crippen LogP contribution in [0.2, 0.25) is 0 Å². The first-order valence-electron chi connectivity index (χ1n) is 3.83. The van der Waals surface area contributed by atoms with Crippen LogP contribution in [0.3, 0.4) is 0 Å². The second-order valence-electron chi connectivity index (χ2n) is 2.31. The molecule has 13 heavy (non-hydrogen) atoms. The van der Waals surface area contributed by atoms with Crippen LogP contribution in [0.25, 0.3) is 0 Å². The lowest BCUT2D eigenvalue weighted by Gasteiger charge is -1.97. The second-order valence-corrected chi connectivity index (χ2v) is 2.31. The van der Waals surface area contributed by atoms with Gasteiger partial charge < -0.3 is 9.47 Å². The van der Waals surface area contributed by atoms with E-state index in [1.165, 1.54) is 19.4 Å². The Morgan fingerprint density at radius 3 is 2.54 bits per heavy atom. The zero-order valence-electron chi connectivity index (χ0n) is 7.27. The van der Waals surface area contributed by atoms with E-state index >= 15 is 0 Å². The number of rotatable bonds is 3. The van der Waals surface area contributed by atoms with Crippen molar-refractivity contribution < 1.29 is 14.3 Å². The summed E-state index contributed by atoms with van der Waals surface area (Å²) in [6, 6.07) is 9.21. The number of carbonyl (C=O) groups excluding carboxylic acids is 1. The van der Waals surface area contributed by atoms with E-state index in [1.54, 1.807) is 12.1 Å². The third kappa shape index (κ3) is 3.96. The van der Waals surface area contributed by atoms with Crippen molar-refractivity contribution in [2.45, 2.75) is 6.92 Å². The molecule has 3 nitrogen and oxygen atoms in total. The monoisotopic (exact) mass is 178 g/mol. The Hall–Kier alpha value is -1.77. The maximum absolute atomic E-state index is 10.3. The molecule has 0 fully saturated rings. The Labute approximate surface area is 76.6 Å². The summed E-state index contributed by atoms with van der Waals surface area (Å²) in [6.45, 7) is 1.33. The number of ether oxygens (including phenoxy) is 2. The van der Waals surface area contributed by atoms with Crippen LogP contribution in [0, 0.1) is 0 Å². The summed E-state index contributed by atoms with van der Waals surface area (Å²) in [5, 5.41) is 0. The molecule has 0 amide bonds. The van der Waals surface area contributed by atoms with Gasteiger partial charge in [0.2, 0.25) is 0 Å². The number of para-hydroxylation sites is 1. The topological polar surface area (TPSA) is 35.5 Å². The van der Waals surface area contributed by atoms with Crippen LogP contribution in [0.1, 0.15) is 6.92 Å². The fourth-order valence-electron chi connectivity index (χ4n) is 0.729. The smallest absolute Gasteiger partial charge is 0.307 e. The van der Waals surface area contributed by atoms with Crippen molar-refractivity contribution in [3.63, 3.8) is 0 Å². The molecule has 0 spiro atoms. The van der Waals surface area contributed by atoms with Gasteiger partial charge in [-0.2, -0.15) is 0 Å². The summed E-state index contributed by atoms with van der Waals surface area (Å²) in [7, 11) is 0. The van der Waals surface area contributed by atoms with Gasteiger partial charge in [0, 0.05) is 6.92 Å². The van der Waals surface area contributed by atoms with E-state index in [1.807, 2.05) is 18.2 Å². The van der Waals surface area contributed by atoms with Crippen LogP contribution in [0.5, 0.6) is 5.75 Å². The number of esters is 1. The maximum atomic E-state index is 10.3. The lowest BCUT2D eigenvalue weighted by Crippen LogP contribution is -1.90. The van der Waals surface area contributed by atoms with Crippen molar-refractivity contribution in [2.24, 2.45) is 0 Å². The van der Waals surface area contributed by atoms with Crippen LogP contribution >= 0.6 is 0 Å². The summed E-state index contributed by atoms with van der Waals surface area (Å²) < 4.78 is 9.62. The molecule has 0 aliphatic carbocycles. The summed E-state index contributed by atoms with van der Waals surface area (Å²) in [6.07, 6.45) is 2.52. The number of benzene rings is 1. The first kappa shape index (κ1) is 9.32. The minimum absolute atomic E-state index is 0.368. The SMILES string of the molecule is CC(=O)OC=COc1ccccc1. The molecule has 0 N–H and O–H groups in total. The Kier molecular flexibility index (Phi) is 3.57. The van der Waals surface area contributed by atoms with Gasteiger partial charge in [0.05, 0.1) is 0 Å². The van der Waals surface area contributed by atoms with Crippen molar-refractivity contribution in [3.05, 3.63) is 42.9 Å². The predicted molar refractivity (Wildman–Crippen MR) is 48.0 cm³/mol. The molecule has 3 heteroatoms. The Balaban J connectivity index is 2.35. The highest BCUT2D eigenvalue weighted by Gasteiger charge is 1.87. The van der Waals surface area contributed by atoms with Crippen LogP contribution in [0.15, 0.2) is 42.9 Å². The molecule has 0 aliphatic heterocycles. The van der Waals surface area contributed by atoms with Crippen molar-refractivity contribution in [3.8, 4) is 5.75 Å². The maximum Gasteiger partial charge on any atom is 0.307 e. The molecule has 0 atom stereocenters. The highest BCUT2D eigenvalue weighted by Crippen LogP contribution is 2.07. The molecule has 1 aromatic rings. The van der Waals surface area contributed by atoms with Gasteiger partial charge in [-0.3, -0.25) is 4.79 Å². The second kappa shape index (κ2) is 4.98. The molecule has 68 valence electrons. The number of hydrogen-bond donors (Lipinski definition) is 0. The minimum atomic E-state index is -0.368. The first-order chi connectivity index (χ1) is 6.29. The Bertz CT molecular complexity index is 290. The number of hydrogen-bond acceptors (Lipinski definition) is 3. The quantitative estimate of drug-likeness (QED) is 0.525. The van der Waals surface area contributed by atoms with E-state index in [4.69, 9.17) is 4.74 Å². The zero-order chi connectivity index (χ0) is 9.52. The van der Waals surface area contributed by atoms with E-state index in [9.17, 15) is 4.79 Å². The summed E-state index contributed by atoms with van der Waals surface area (Å²) in [5.74, 6) is 0.332. The molecule has 0 bridgehead atoms. The van der Waals surface area contributed by atoms with Gasteiger partial charge in [0.25, 0.3) is 0 Å². The zero-order valence-corrected chi connectivity index (χ0v) is 7.27. The minimum Gasteiger partial charge on any atom is -0.462 e. The lowest BCUT2D eigenvalue weighted by molar-refractivity contribution is -0.135. The third-order valence-electron chi connectivity index (χ3n) is 1.24. The molecular formula is C10H10O3. The van der Waals surface area contributed by atoms with E-state index in [0.717, 1.165) is 0 Å². The van der Waals surface area contributed by atoms with E-state index in [0.29, 0.717) is 5.75 Å². The van der Waals surface area contributed by atoms with Gasteiger partial charge in [-0.25, -0.2) is 0 Å². The van der Waals surface area contributed by atoms with Crippen molar-refractivity contribution in [2.75, 3.05) is 0 Å². The molecule has 1 aromatic carbocycles. The molecule has 0 saturated heterocycles. The van der Waals surface area contributed by atoms with Crippen molar-refractivity contribution in [1.82, 2.24) is 0 Å². The van der Waals surface area contributed by atoms with Gasteiger partial charge in [0.1, 0.15) is 18.3 Å². The first-order valence-corrected chi connectivity index (χ1v) is 3.83. The predicted octanol–water partition coefficient (Wildman–Crippen LogP) is 2.10. The van der Waals surface area contributed by atoms with E-state index in [-0.39, 0.29) is 5.97 Å². The average Bonchev–Trinajstić information content (AvgIpc) is 2.14. The molecule has 0 aromatic heterocycles. The number of carbonyl (C=O) groups is 1. The van der Waals surface area contributed by atoms with Crippen LogP contribution in [-0.2, 0) is 9.53 Å². The van der Waals surface area contributed by atoms with Gasteiger partial charge in [-0.15, -0.1) is 0 Å². The fraction of sp³-hybridized carbons (Fsp3) is 0.100. The normalized spacial score (nSPS) is 9.92. The molecule has 0 saturated carbocycles. The lowest BCUT2D eigenvalue weighted by atomic mass is 10.3. The molecule has 0 aliphatic rings. The molecule has 1 rings (SSSR count). The van der Waals surface area contributed by atoms with Crippen molar-refractivity contribution >= 4 is 5.97 Å².